The lowest BCUT2D eigenvalue weighted by Gasteiger charge is -2.16. The third-order valence-electron chi connectivity index (χ3n) is 3.75. The van der Waals surface area contributed by atoms with E-state index in [4.69, 9.17) is 5.73 Å². The maximum absolute atomic E-state index is 12.3. The average molecular weight is 309 g/mol. The van der Waals surface area contributed by atoms with E-state index in [9.17, 15) is 14.4 Å². The van der Waals surface area contributed by atoms with Gasteiger partial charge < -0.3 is 16.0 Å². The van der Waals surface area contributed by atoms with Gasteiger partial charge in [0.2, 0.25) is 5.91 Å². The van der Waals surface area contributed by atoms with Gasteiger partial charge in [0.1, 0.15) is 0 Å². The van der Waals surface area contributed by atoms with Crippen molar-refractivity contribution in [2.24, 2.45) is 5.73 Å². The molecule has 2 aromatic rings. The predicted molar refractivity (Wildman–Crippen MR) is 86.1 cm³/mol. The molecule has 3 N–H and O–H groups in total. The van der Waals surface area contributed by atoms with E-state index in [1.807, 2.05) is 24.3 Å². The van der Waals surface area contributed by atoms with Crippen LogP contribution in [0.15, 0.2) is 48.5 Å². The summed E-state index contributed by atoms with van der Waals surface area (Å²) in [6, 6.07) is 13.6. The number of nitrogens with zero attached hydrogens (tertiary/aromatic N) is 1. The summed E-state index contributed by atoms with van der Waals surface area (Å²) in [5.74, 6) is -1.87. The Morgan fingerprint density at radius 3 is 2.39 bits per heavy atom. The number of anilines is 2. The van der Waals surface area contributed by atoms with Gasteiger partial charge in [-0.25, -0.2) is 0 Å². The Morgan fingerprint density at radius 2 is 1.70 bits per heavy atom. The van der Waals surface area contributed by atoms with Crippen molar-refractivity contribution in [1.29, 1.82) is 0 Å². The van der Waals surface area contributed by atoms with Gasteiger partial charge in [-0.05, 0) is 42.3 Å². The molecular weight excluding hydrogens is 294 g/mol. The zero-order chi connectivity index (χ0) is 16.4. The number of nitrogens with one attached hydrogen (secondary N) is 1. The molecule has 6 heteroatoms. The fraction of sp³-hybridized carbons (Fsp3) is 0.118. The van der Waals surface area contributed by atoms with E-state index in [0.29, 0.717) is 17.8 Å². The van der Waals surface area contributed by atoms with Crippen LogP contribution in [0.4, 0.5) is 11.4 Å². The van der Waals surface area contributed by atoms with Gasteiger partial charge in [0.05, 0.1) is 0 Å². The predicted octanol–water partition coefficient (Wildman–Crippen LogP) is 1.31. The minimum absolute atomic E-state index is 0.336. The van der Waals surface area contributed by atoms with Crippen LogP contribution in [0.1, 0.15) is 15.9 Å². The molecule has 116 valence electrons. The van der Waals surface area contributed by atoms with Gasteiger partial charge in [-0.1, -0.05) is 18.2 Å². The van der Waals surface area contributed by atoms with Crippen LogP contribution in [0.3, 0.4) is 0 Å². The molecule has 0 saturated carbocycles. The number of fused-ring (bicyclic) bond motifs is 1. The molecule has 0 fully saturated rings. The van der Waals surface area contributed by atoms with Gasteiger partial charge in [-0.3, -0.25) is 14.4 Å². The van der Waals surface area contributed by atoms with Crippen molar-refractivity contribution in [3.05, 3.63) is 59.7 Å². The first kappa shape index (κ1) is 14.8. The fourth-order valence-corrected chi connectivity index (χ4v) is 2.57. The summed E-state index contributed by atoms with van der Waals surface area (Å²) in [6.45, 7) is 0.492. The van der Waals surface area contributed by atoms with Gasteiger partial charge in [0.15, 0.2) is 0 Å². The molecule has 3 amide bonds. The number of rotatable bonds is 2. The first-order valence-corrected chi connectivity index (χ1v) is 7.17. The lowest BCUT2D eigenvalue weighted by atomic mass is 10.2. The van der Waals surface area contributed by atoms with E-state index < -0.39 is 17.7 Å². The Morgan fingerprint density at radius 1 is 1.00 bits per heavy atom. The normalized spacial score (nSPS) is 12.6. The van der Waals surface area contributed by atoms with Gasteiger partial charge in [0, 0.05) is 23.5 Å². The molecule has 23 heavy (non-hydrogen) atoms. The second-order valence-electron chi connectivity index (χ2n) is 5.23. The SMILES string of the molecule is NC(=O)c1ccc(NC(=O)C(=O)N2CCc3ccccc32)cc1. The molecule has 1 aliphatic rings. The molecule has 0 unspecified atom stereocenters. The third-order valence-corrected chi connectivity index (χ3v) is 3.75. The van der Waals surface area contributed by atoms with Crippen molar-refractivity contribution < 1.29 is 14.4 Å². The summed E-state index contributed by atoms with van der Waals surface area (Å²) in [6.07, 6.45) is 0.739. The Balaban J connectivity index is 1.71. The first-order valence-electron chi connectivity index (χ1n) is 7.17. The maximum Gasteiger partial charge on any atom is 0.316 e. The highest BCUT2D eigenvalue weighted by Crippen LogP contribution is 2.27. The maximum atomic E-state index is 12.3. The highest BCUT2D eigenvalue weighted by atomic mass is 16.2. The molecular formula is C17H15N3O3. The number of hydrogen-bond donors (Lipinski definition) is 2. The van der Waals surface area contributed by atoms with Crippen LogP contribution in [0.5, 0.6) is 0 Å². The largest absolute Gasteiger partial charge is 0.366 e. The second-order valence-corrected chi connectivity index (χ2v) is 5.23. The van der Waals surface area contributed by atoms with E-state index >= 15 is 0 Å². The molecule has 0 aromatic heterocycles. The van der Waals surface area contributed by atoms with Crippen LogP contribution in [-0.2, 0) is 16.0 Å². The number of nitrogens with two attached hydrogens (primary N) is 1. The molecule has 3 rings (SSSR count). The van der Waals surface area contributed by atoms with Crippen LogP contribution >= 0.6 is 0 Å². The quantitative estimate of drug-likeness (QED) is 0.819. The Hall–Kier alpha value is -3.15. The molecule has 1 aliphatic heterocycles. The van der Waals surface area contributed by atoms with Crippen molar-refractivity contribution in [3.63, 3.8) is 0 Å². The molecule has 0 radical (unpaired) electrons. The molecule has 0 atom stereocenters. The summed E-state index contributed by atoms with van der Waals surface area (Å²) in [4.78, 5) is 36.9. The fourth-order valence-electron chi connectivity index (χ4n) is 2.57. The number of carbonyl (C=O) groups is 3. The zero-order valence-electron chi connectivity index (χ0n) is 12.3. The van der Waals surface area contributed by atoms with E-state index in [1.54, 1.807) is 0 Å². The Labute approximate surface area is 132 Å². The molecule has 0 aliphatic carbocycles. The Bertz CT molecular complexity index is 784. The van der Waals surface area contributed by atoms with Crippen molar-refractivity contribution in [2.45, 2.75) is 6.42 Å². The third kappa shape index (κ3) is 2.91. The summed E-state index contributed by atoms with van der Waals surface area (Å²) in [7, 11) is 0. The van der Waals surface area contributed by atoms with Crippen molar-refractivity contribution >= 4 is 29.1 Å². The van der Waals surface area contributed by atoms with Gasteiger partial charge >= 0.3 is 11.8 Å². The lowest BCUT2D eigenvalue weighted by molar-refractivity contribution is -0.134. The highest BCUT2D eigenvalue weighted by Gasteiger charge is 2.28. The minimum atomic E-state index is -0.714. The average Bonchev–Trinajstić information content (AvgIpc) is 2.98. The number of amides is 3. The number of para-hydroxylation sites is 1. The van der Waals surface area contributed by atoms with Crippen LogP contribution < -0.4 is 16.0 Å². The lowest BCUT2D eigenvalue weighted by Crippen LogP contribution is -2.38. The molecule has 2 aromatic carbocycles. The molecule has 0 spiro atoms. The second kappa shape index (κ2) is 5.92. The topological polar surface area (TPSA) is 92.5 Å². The van der Waals surface area contributed by atoms with Crippen LogP contribution in [0.2, 0.25) is 0 Å². The number of primary amides is 1. The van der Waals surface area contributed by atoms with Crippen LogP contribution in [0.25, 0.3) is 0 Å². The summed E-state index contributed by atoms with van der Waals surface area (Å²) >= 11 is 0. The molecule has 0 bridgehead atoms. The van der Waals surface area contributed by atoms with Gasteiger partial charge in [-0.15, -0.1) is 0 Å². The Kier molecular flexibility index (Phi) is 3.80. The zero-order valence-corrected chi connectivity index (χ0v) is 12.3. The standard InChI is InChI=1S/C17H15N3O3/c18-15(21)12-5-7-13(8-6-12)19-16(22)17(23)20-10-9-11-3-1-2-4-14(11)20/h1-8H,9-10H2,(H2,18,21)(H,19,22). The molecule has 0 saturated heterocycles. The van der Waals surface area contributed by atoms with E-state index in [-0.39, 0.29) is 0 Å². The van der Waals surface area contributed by atoms with Crippen molar-refractivity contribution in [1.82, 2.24) is 0 Å². The van der Waals surface area contributed by atoms with Crippen LogP contribution in [-0.4, -0.2) is 24.3 Å². The smallest absolute Gasteiger partial charge is 0.316 e. The monoisotopic (exact) mass is 309 g/mol. The molecule has 1 heterocycles. The minimum Gasteiger partial charge on any atom is -0.366 e. The van der Waals surface area contributed by atoms with E-state index in [2.05, 4.69) is 5.32 Å². The number of benzene rings is 2. The number of carbonyl (C=O) groups excluding carboxylic acids is 3. The molecule has 6 nitrogen and oxygen atoms in total. The van der Waals surface area contributed by atoms with Crippen molar-refractivity contribution in [3.8, 4) is 0 Å². The van der Waals surface area contributed by atoms with Gasteiger partial charge in [0.25, 0.3) is 0 Å². The summed E-state index contributed by atoms with van der Waals surface area (Å²) in [5, 5.41) is 2.53. The van der Waals surface area contributed by atoms with Crippen molar-refractivity contribution in [2.75, 3.05) is 16.8 Å². The summed E-state index contributed by atoms with van der Waals surface area (Å²) in [5.41, 5.74) is 7.75. The highest BCUT2D eigenvalue weighted by molar-refractivity contribution is 6.44. The van der Waals surface area contributed by atoms with E-state index in [0.717, 1.165) is 17.7 Å². The number of hydrogen-bond acceptors (Lipinski definition) is 3. The summed E-state index contributed by atoms with van der Waals surface area (Å²) < 4.78 is 0. The van der Waals surface area contributed by atoms with Gasteiger partial charge in [-0.2, -0.15) is 0 Å². The van der Waals surface area contributed by atoms with E-state index in [1.165, 1.54) is 29.2 Å². The van der Waals surface area contributed by atoms with Crippen LogP contribution in [0, 0.1) is 0 Å². The first-order chi connectivity index (χ1) is 11.1.